The molecule has 1 saturated carbocycles. The van der Waals surface area contributed by atoms with Crippen molar-refractivity contribution in [2.45, 2.75) is 45.1 Å². The van der Waals surface area contributed by atoms with Crippen molar-refractivity contribution in [3.63, 3.8) is 0 Å². The SMILES string of the molecule is Cc1ccccc1N1CN(C2CC2)c2ccc(OCCN3CCCCC3)cc2C1=O. The van der Waals surface area contributed by atoms with Crippen LogP contribution in [0.3, 0.4) is 0 Å². The van der Waals surface area contributed by atoms with Gasteiger partial charge in [0.2, 0.25) is 0 Å². The molecule has 5 rings (SSSR count). The lowest BCUT2D eigenvalue weighted by Crippen LogP contribution is -2.48. The summed E-state index contributed by atoms with van der Waals surface area (Å²) in [5, 5.41) is 0. The molecule has 2 aliphatic heterocycles. The number of benzene rings is 2. The number of hydrogen-bond acceptors (Lipinski definition) is 4. The first-order valence-electron chi connectivity index (χ1n) is 11.3. The Morgan fingerprint density at radius 2 is 1.80 bits per heavy atom. The molecule has 0 spiro atoms. The molecular weight excluding hydrogens is 374 g/mol. The highest BCUT2D eigenvalue weighted by Crippen LogP contribution is 2.40. The minimum Gasteiger partial charge on any atom is -0.492 e. The topological polar surface area (TPSA) is 36.0 Å². The van der Waals surface area contributed by atoms with Crippen LogP contribution in [-0.4, -0.2) is 49.8 Å². The predicted octanol–water partition coefficient (Wildman–Crippen LogP) is 4.45. The lowest BCUT2D eigenvalue weighted by Gasteiger charge is -2.39. The lowest BCUT2D eigenvalue weighted by atomic mass is 10.1. The van der Waals surface area contributed by atoms with Crippen LogP contribution >= 0.6 is 0 Å². The number of rotatable bonds is 6. The molecule has 3 aliphatic rings. The highest BCUT2D eigenvalue weighted by atomic mass is 16.5. The summed E-state index contributed by atoms with van der Waals surface area (Å²) in [5.41, 5.74) is 3.93. The van der Waals surface area contributed by atoms with Gasteiger partial charge in [-0.2, -0.15) is 0 Å². The second-order valence-electron chi connectivity index (χ2n) is 8.79. The van der Waals surface area contributed by atoms with Crippen LogP contribution in [0.5, 0.6) is 5.75 Å². The standard InChI is InChI=1S/C25H31N3O2/c1-19-7-3-4-8-23(19)28-18-27(20-9-10-20)24-12-11-21(17-22(24)25(28)29)30-16-15-26-13-5-2-6-14-26/h3-4,7-8,11-12,17,20H,2,5-6,9-10,13-16,18H2,1H3. The van der Waals surface area contributed by atoms with E-state index in [1.807, 2.05) is 35.2 Å². The molecule has 0 atom stereocenters. The molecule has 1 aliphatic carbocycles. The van der Waals surface area contributed by atoms with Gasteiger partial charge in [0.15, 0.2) is 0 Å². The summed E-state index contributed by atoms with van der Waals surface area (Å²) in [5.74, 6) is 0.860. The maximum absolute atomic E-state index is 13.5. The largest absolute Gasteiger partial charge is 0.492 e. The van der Waals surface area contributed by atoms with E-state index in [9.17, 15) is 4.79 Å². The zero-order chi connectivity index (χ0) is 20.5. The number of carbonyl (C=O) groups is 1. The molecule has 0 bridgehead atoms. The Hall–Kier alpha value is -2.53. The van der Waals surface area contributed by atoms with Gasteiger partial charge in [0.05, 0.1) is 17.9 Å². The summed E-state index contributed by atoms with van der Waals surface area (Å²) in [6, 6.07) is 14.7. The van der Waals surface area contributed by atoms with Gasteiger partial charge >= 0.3 is 0 Å². The number of likely N-dealkylation sites (tertiary alicyclic amines) is 1. The van der Waals surface area contributed by atoms with Gasteiger partial charge in [0.25, 0.3) is 5.91 Å². The van der Waals surface area contributed by atoms with Gasteiger partial charge in [-0.3, -0.25) is 14.6 Å². The van der Waals surface area contributed by atoms with E-state index >= 15 is 0 Å². The monoisotopic (exact) mass is 405 g/mol. The number of aryl methyl sites for hydroxylation is 1. The average molecular weight is 406 g/mol. The fourth-order valence-corrected chi connectivity index (χ4v) is 4.69. The summed E-state index contributed by atoms with van der Waals surface area (Å²) in [4.78, 5) is 20.3. The summed E-state index contributed by atoms with van der Waals surface area (Å²) in [6.45, 7) is 6.66. The third-order valence-electron chi connectivity index (χ3n) is 6.57. The van der Waals surface area contributed by atoms with Gasteiger partial charge in [-0.25, -0.2) is 0 Å². The van der Waals surface area contributed by atoms with Crippen molar-refractivity contribution in [1.82, 2.24) is 4.90 Å². The summed E-state index contributed by atoms with van der Waals surface area (Å²) in [6.07, 6.45) is 6.32. The quantitative estimate of drug-likeness (QED) is 0.712. The van der Waals surface area contributed by atoms with Crippen LogP contribution in [-0.2, 0) is 0 Å². The number of fused-ring (bicyclic) bond motifs is 1. The van der Waals surface area contributed by atoms with Gasteiger partial charge in [0, 0.05) is 18.3 Å². The number of carbonyl (C=O) groups excluding carboxylic acids is 1. The lowest BCUT2D eigenvalue weighted by molar-refractivity contribution is 0.0981. The molecule has 0 N–H and O–H groups in total. The van der Waals surface area contributed by atoms with Crippen LogP contribution in [0.1, 0.15) is 48.0 Å². The molecule has 0 radical (unpaired) electrons. The number of piperidine rings is 1. The van der Waals surface area contributed by atoms with Crippen molar-refractivity contribution in [2.75, 3.05) is 42.7 Å². The fourth-order valence-electron chi connectivity index (χ4n) is 4.69. The van der Waals surface area contributed by atoms with Gasteiger partial charge in [-0.05, 0) is 75.5 Å². The Labute approximate surface area is 179 Å². The molecule has 5 heteroatoms. The molecule has 1 amide bonds. The van der Waals surface area contributed by atoms with Gasteiger partial charge in [0.1, 0.15) is 12.4 Å². The summed E-state index contributed by atoms with van der Waals surface area (Å²) >= 11 is 0. The highest BCUT2D eigenvalue weighted by Gasteiger charge is 2.38. The van der Waals surface area contributed by atoms with Crippen molar-refractivity contribution in [3.8, 4) is 5.75 Å². The normalized spacial score (nSPS) is 19.7. The number of para-hydroxylation sites is 1. The third kappa shape index (κ3) is 3.91. The van der Waals surface area contributed by atoms with Crippen LogP contribution in [0.15, 0.2) is 42.5 Å². The highest BCUT2D eigenvalue weighted by molar-refractivity contribution is 6.12. The number of hydrogen-bond donors (Lipinski definition) is 0. The zero-order valence-electron chi connectivity index (χ0n) is 17.8. The van der Waals surface area contributed by atoms with E-state index in [2.05, 4.69) is 28.9 Å². The Balaban J connectivity index is 1.36. The Morgan fingerprint density at radius 1 is 1.00 bits per heavy atom. The van der Waals surface area contributed by atoms with Crippen LogP contribution in [0.4, 0.5) is 11.4 Å². The predicted molar refractivity (Wildman–Crippen MR) is 121 cm³/mol. The molecule has 0 unspecified atom stereocenters. The smallest absolute Gasteiger partial charge is 0.262 e. The minimum atomic E-state index is 0.0673. The van der Waals surface area contributed by atoms with Crippen LogP contribution in [0.2, 0.25) is 0 Å². The first-order chi connectivity index (χ1) is 14.7. The zero-order valence-corrected chi connectivity index (χ0v) is 17.8. The average Bonchev–Trinajstić information content (AvgIpc) is 3.61. The summed E-state index contributed by atoms with van der Waals surface area (Å²) < 4.78 is 6.07. The molecule has 0 aromatic heterocycles. The van der Waals surface area contributed by atoms with Crippen molar-refractivity contribution in [1.29, 1.82) is 0 Å². The fraction of sp³-hybridized carbons (Fsp3) is 0.480. The molecule has 1 saturated heterocycles. The van der Waals surface area contributed by atoms with Crippen molar-refractivity contribution in [3.05, 3.63) is 53.6 Å². The Bertz CT molecular complexity index is 918. The minimum absolute atomic E-state index is 0.0673. The first kappa shape index (κ1) is 19.4. The molecule has 2 fully saturated rings. The van der Waals surface area contributed by atoms with E-state index in [1.54, 1.807) is 0 Å². The van der Waals surface area contributed by atoms with E-state index in [0.717, 1.165) is 34.8 Å². The number of amides is 1. The van der Waals surface area contributed by atoms with E-state index in [4.69, 9.17) is 4.74 Å². The molecule has 5 nitrogen and oxygen atoms in total. The van der Waals surface area contributed by atoms with Gasteiger partial charge in [-0.15, -0.1) is 0 Å². The van der Waals surface area contributed by atoms with Gasteiger partial charge in [-0.1, -0.05) is 24.6 Å². The van der Waals surface area contributed by atoms with Crippen molar-refractivity contribution < 1.29 is 9.53 Å². The molecule has 2 aromatic rings. The van der Waals surface area contributed by atoms with Crippen LogP contribution in [0.25, 0.3) is 0 Å². The number of nitrogens with zero attached hydrogens (tertiary/aromatic N) is 3. The molecular formula is C25H31N3O2. The molecule has 2 aromatic carbocycles. The van der Waals surface area contributed by atoms with Crippen molar-refractivity contribution in [2.24, 2.45) is 0 Å². The summed E-state index contributed by atoms with van der Waals surface area (Å²) in [7, 11) is 0. The van der Waals surface area contributed by atoms with Crippen LogP contribution in [0, 0.1) is 6.92 Å². The molecule has 30 heavy (non-hydrogen) atoms. The molecule has 2 heterocycles. The molecule has 158 valence electrons. The van der Waals surface area contributed by atoms with E-state index in [1.165, 1.54) is 45.2 Å². The van der Waals surface area contributed by atoms with E-state index in [-0.39, 0.29) is 5.91 Å². The van der Waals surface area contributed by atoms with Gasteiger partial charge < -0.3 is 9.64 Å². The maximum atomic E-state index is 13.5. The second-order valence-corrected chi connectivity index (χ2v) is 8.79. The van der Waals surface area contributed by atoms with E-state index < -0.39 is 0 Å². The third-order valence-corrected chi connectivity index (χ3v) is 6.57. The Kier molecular flexibility index (Phi) is 5.38. The number of anilines is 2. The van der Waals surface area contributed by atoms with Crippen molar-refractivity contribution >= 4 is 17.3 Å². The maximum Gasteiger partial charge on any atom is 0.262 e. The van der Waals surface area contributed by atoms with Crippen LogP contribution < -0.4 is 14.5 Å². The number of ether oxygens (including phenoxy) is 1. The Morgan fingerprint density at radius 3 is 2.57 bits per heavy atom. The van der Waals surface area contributed by atoms with E-state index in [0.29, 0.717) is 19.3 Å². The second kappa shape index (κ2) is 8.31. The first-order valence-corrected chi connectivity index (χ1v) is 11.3.